The van der Waals surface area contributed by atoms with E-state index in [1.807, 2.05) is 24.3 Å². The molecule has 0 unspecified atom stereocenters. The van der Waals surface area contributed by atoms with Crippen molar-refractivity contribution >= 4 is 22.8 Å². The van der Waals surface area contributed by atoms with Crippen molar-refractivity contribution in [2.75, 3.05) is 0 Å². The quantitative estimate of drug-likeness (QED) is 0.672. The van der Waals surface area contributed by atoms with Crippen LogP contribution in [0.4, 0.5) is 0 Å². The fourth-order valence-electron chi connectivity index (χ4n) is 1.14. The maximum Gasteiger partial charge on any atom is 0.157 e. The number of hydrogen-bond acceptors (Lipinski definition) is 2. The fourth-order valence-corrected chi connectivity index (χ4v) is 1.27. The van der Waals surface area contributed by atoms with Crippen LogP contribution in [0.2, 0.25) is 0 Å². The summed E-state index contributed by atoms with van der Waals surface area (Å²) in [6, 6.07) is 9.40. The molecule has 0 amide bonds. The summed E-state index contributed by atoms with van der Waals surface area (Å²) in [5.41, 5.74) is 0.885. The zero-order chi connectivity index (χ0) is 8.39. The molecule has 2 nitrogen and oxygen atoms in total. The molecule has 0 bridgehead atoms. The Morgan fingerprint density at radius 1 is 1.17 bits per heavy atom. The first-order chi connectivity index (χ1) is 5.92. The van der Waals surface area contributed by atoms with Crippen LogP contribution in [0.15, 0.2) is 36.5 Å². The second-order valence-corrected chi connectivity index (χ2v) is 2.56. The molecular formula is C9H6ClNO. The van der Waals surface area contributed by atoms with Crippen molar-refractivity contribution in [3.05, 3.63) is 36.5 Å². The van der Waals surface area contributed by atoms with Crippen LogP contribution in [0.1, 0.15) is 0 Å². The maximum atomic E-state index is 5.28. The molecule has 0 saturated heterocycles. The third kappa shape index (κ3) is 1.10. The third-order valence-electron chi connectivity index (χ3n) is 1.69. The van der Waals surface area contributed by atoms with Crippen LogP contribution in [0, 0.1) is 0 Å². The summed E-state index contributed by atoms with van der Waals surface area (Å²) in [4.78, 5) is 4.15. The molecule has 0 radical (unpaired) electrons. The molecule has 0 N–H and O–H groups in total. The Kier molecular flexibility index (Phi) is 1.84. The first kappa shape index (κ1) is 7.37. The monoisotopic (exact) mass is 179 g/mol. The maximum absolute atomic E-state index is 5.28. The Balaban J connectivity index is 2.79. The Hall–Kier alpha value is -1.28. The van der Waals surface area contributed by atoms with Crippen molar-refractivity contribution in [2.45, 2.75) is 0 Å². The molecule has 60 valence electrons. The highest BCUT2D eigenvalue weighted by molar-refractivity contribution is 6.10. The highest BCUT2D eigenvalue weighted by Crippen LogP contribution is 2.23. The van der Waals surface area contributed by atoms with E-state index in [1.165, 1.54) is 0 Å². The molecule has 3 heteroatoms. The summed E-state index contributed by atoms with van der Waals surface area (Å²) >= 11 is 5.28. The van der Waals surface area contributed by atoms with Crippen molar-refractivity contribution in [3.63, 3.8) is 0 Å². The van der Waals surface area contributed by atoms with Crippen molar-refractivity contribution < 1.29 is 4.29 Å². The van der Waals surface area contributed by atoms with Gasteiger partial charge in [0, 0.05) is 17.6 Å². The number of para-hydroxylation sites is 1. The lowest BCUT2D eigenvalue weighted by molar-refractivity contribution is 0.626. The molecule has 1 aromatic heterocycles. The molecule has 0 aliphatic carbocycles. The lowest BCUT2D eigenvalue weighted by Gasteiger charge is -1.99. The van der Waals surface area contributed by atoms with Crippen LogP contribution < -0.4 is 4.29 Å². The van der Waals surface area contributed by atoms with E-state index in [0.29, 0.717) is 5.75 Å². The van der Waals surface area contributed by atoms with E-state index in [9.17, 15) is 0 Å². The number of halogens is 1. The Bertz CT molecular complexity index is 397. The van der Waals surface area contributed by atoms with Gasteiger partial charge in [0.05, 0.1) is 5.52 Å². The smallest absolute Gasteiger partial charge is 0.157 e. The summed E-state index contributed by atoms with van der Waals surface area (Å²) in [6.45, 7) is 0. The average Bonchev–Trinajstić information content (AvgIpc) is 2.17. The number of benzene rings is 1. The van der Waals surface area contributed by atoms with E-state index in [1.54, 1.807) is 12.3 Å². The molecule has 1 aromatic carbocycles. The number of nitrogens with zero attached hydrogens (tertiary/aromatic N) is 1. The molecule has 0 saturated carbocycles. The molecule has 1 heterocycles. The van der Waals surface area contributed by atoms with Crippen molar-refractivity contribution in [1.82, 2.24) is 4.98 Å². The van der Waals surface area contributed by atoms with E-state index in [-0.39, 0.29) is 0 Å². The van der Waals surface area contributed by atoms with Crippen LogP contribution in [0.5, 0.6) is 5.75 Å². The van der Waals surface area contributed by atoms with Gasteiger partial charge in [-0.3, -0.25) is 4.98 Å². The molecule has 2 aromatic rings. The largest absolute Gasteiger partial charge is 0.385 e. The van der Waals surface area contributed by atoms with Gasteiger partial charge in [0.2, 0.25) is 0 Å². The average molecular weight is 180 g/mol. The van der Waals surface area contributed by atoms with Gasteiger partial charge in [-0.1, -0.05) is 12.1 Å². The summed E-state index contributed by atoms with van der Waals surface area (Å²) in [5, 5.41) is 0.926. The number of fused-ring (bicyclic) bond motifs is 1. The zero-order valence-electron chi connectivity index (χ0n) is 6.20. The lowest BCUT2D eigenvalue weighted by atomic mass is 10.2. The van der Waals surface area contributed by atoms with Crippen LogP contribution in [0.3, 0.4) is 0 Å². The van der Waals surface area contributed by atoms with Crippen molar-refractivity contribution in [3.8, 4) is 5.75 Å². The molecule has 12 heavy (non-hydrogen) atoms. The normalized spacial score (nSPS) is 10.1. The highest BCUT2D eigenvalue weighted by atomic mass is 35.5. The summed E-state index contributed by atoms with van der Waals surface area (Å²) in [5.74, 6) is 0.641. The summed E-state index contributed by atoms with van der Waals surface area (Å²) in [7, 11) is 0. The van der Waals surface area contributed by atoms with Crippen molar-refractivity contribution in [2.24, 2.45) is 0 Å². The predicted octanol–water partition coefficient (Wildman–Crippen LogP) is 2.77. The minimum Gasteiger partial charge on any atom is -0.385 e. The summed E-state index contributed by atoms with van der Waals surface area (Å²) in [6.07, 6.45) is 1.67. The van der Waals surface area contributed by atoms with Gasteiger partial charge in [-0.25, -0.2) is 0 Å². The van der Waals surface area contributed by atoms with Crippen LogP contribution >= 0.6 is 11.9 Å². The van der Waals surface area contributed by atoms with E-state index in [2.05, 4.69) is 9.27 Å². The zero-order valence-corrected chi connectivity index (χ0v) is 6.95. The molecule has 0 aliphatic heterocycles. The van der Waals surface area contributed by atoms with Gasteiger partial charge in [0.15, 0.2) is 5.75 Å². The van der Waals surface area contributed by atoms with Crippen molar-refractivity contribution in [1.29, 1.82) is 0 Å². The molecule has 0 spiro atoms. The fraction of sp³-hybridized carbons (Fsp3) is 0. The van der Waals surface area contributed by atoms with E-state index in [0.717, 1.165) is 10.9 Å². The van der Waals surface area contributed by atoms with Crippen LogP contribution in [-0.4, -0.2) is 4.98 Å². The van der Waals surface area contributed by atoms with Gasteiger partial charge in [-0.15, -0.1) is 0 Å². The van der Waals surface area contributed by atoms with E-state index >= 15 is 0 Å². The summed E-state index contributed by atoms with van der Waals surface area (Å²) < 4.78 is 4.66. The number of pyridine rings is 1. The van der Waals surface area contributed by atoms with Gasteiger partial charge >= 0.3 is 0 Å². The minimum atomic E-state index is 0.641. The van der Waals surface area contributed by atoms with Gasteiger partial charge in [0.25, 0.3) is 0 Å². The number of hydrogen-bond donors (Lipinski definition) is 0. The van der Waals surface area contributed by atoms with Gasteiger partial charge < -0.3 is 4.29 Å². The number of aromatic nitrogens is 1. The third-order valence-corrected chi connectivity index (χ3v) is 1.86. The molecule has 0 atom stereocenters. The molecule has 2 rings (SSSR count). The van der Waals surface area contributed by atoms with E-state index in [4.69, 9.17) is 11.9 Å². The first-order valence-electron chi connectivity index (χ1n) is 3.54. The number of rotatable bonds is 1. The Morgan fingerprint density at radius 2 is 2.00 bits per heavy atom. The van der Waals surface area contributed by atoms with Crippen LogP contribution in [-0.2, 0) is 0 Å². The molecule has 0 fully saturated rings. The highest BCUT2D eigenvalue weighted by Gasteiger charge is 1.99. The van der Waals surface area contributed by atoms with Crippen LogP contribution in [0.25, 0.3) is 10.9 Å². The standard InChI is InChI=1S/C9H6ClNO/c10-12-9-5-6-11-8-4-2-1-3-7(8)9/h1-6H. The molecular weight excluding hydrogens is 174 g/mol. The Morgan fingerprint density at radius 3 is 2.83 bits per heavy atom. The second kappa shape index (κ2) is 2.99. The topological polar surface area (TPSA) is 22.1 Å². The van der Waals surface area contributed by atoms with E-state index < -0.39 is 0 Å². The second-order valence-electron chi connectivity index (χ2n) is 2.40. The predicted molar refractivity (Wildman–Crippen MR) is 48.2 cm³/mol. The Labute approximate surface area is 74.9 Å². The minimum absolute atomic E-state index is 0.641. The van der Waals surface area contributed by atoms with Gasteiger partial charge in [-0.05, 0) is 12.1 Å². The van der Waals surface area contributed by atoms with Gasteiger partial charge in [0.1, 0.15) is 11.9 Å². The lowest BCUT2D eigenvalue weighted by Crippen LogP contribution is -1.81. The first-order valence-corrected chi connectivity index (χ1v) is 3.85. The van der Waals surface area contributed by atoms with Gasteiger partial charge in [-0.2, -0.15) is 0 Å². The molecule has 0 aliphatic rings. The SMILES string of the molecule is ClOc1ccnc2ccccc12.